The zero-order valence-corrected chi connectivity index (χ0v) is 13.1. The fourth-order valence-corrected chi connectivity index (χ4v) is 2.21. The molecule has 2 atom stereocenters. The molecule has 0 bridgehead atoms. The summed E-state index contributed by atoms with van der Waals surface area (Å²) in [6.45, 7) is 3.00. The van der Waals surface area contributed by atoms with Crippen LogP contribution in [0.1, 0.15) is 18.5 Å². The van der Waals surface area contributed by atoms with E-state index in [-0.39, 0.29) is 6.61 Å². The molecule has 22 heavy (non-hydrogen) atoms. The van der Waals surface area contributed by atoms with Crippen LogP contribution in [0.25, 0.3) is 0 Å². The molecule has 2 aromatic carbocycles. The van der Waals surface area contributed by atoms with Crippen LogP contribution in [0.2, 0.25) is 0 Å². The fraction of sp³-hybridized carbons (Fsp3) is 0.333. The Bertz CT molecular complexity index is 559. The highest BCUT2D eigenvalue weighted by molar-refractivity contribution is 5.32. The van der Waals surface area contributed by atoms with Gasteiger partial charge in [-0.2, -0.15) is 0 Å². The van der Waals surface area contributed by atoms with Crippen LogP contribution < -0.4 is 14.8 Å². The van der Waals surface area contributed by atoms with Gasteiger partial charge >= 0.3 is 0 Å². The average Bonchev–Trinajstić information content (AvgIpc) is 2.58. The minimum atomic E-state index is -0.516. The molecule has 118 valence electrons. The smallest absolute Gasteiger partial charge is 0.137 e. The van der Waals surface area contributed by atoms with Gasteiger partial charge in [0.1, 0.15) is 36.8 Å². The van der Waals surface area contributed by atoms with Crippen LogP contribution in [0, 0.1) is 0 Å². The number of hydrogen-bond donors (Lipinski definition) is 2. The first-order chi connectivity index (χ1) is 10.7. The first kappa shape index (κ1) is 16.3. The van der Waals surface area contributed by atoms with Gasteiger partial charge in [0.05, 0.1) is 7.11 Å². The molecular formula is C18H24NO3+. The summed E-state index contributed by atoms with van der Waals surface area (Å²) in [5.41, 5.74) is 1.25. The van der Waals surface area contributed by atoms with E-state index in [9.17, 15) is 5.11 Å². The minimum Gasteiger partial charge on any atom is -0.497 e. The maximum Gasteiger partial charge on any atom is 0.137 e. The van der Waals surface area contributed by atoms with Crippen molar-refractivity contribution in [3.8, 4) is 11.5 Å². The first-order valence-electron chi connectivity index (χ1n) is 7.52. The molecule has 0 amide bonds. The Morgan fingerprint density at radius 1 is 1.05 bits per heavy atom. The van der Waals surface area contributed by atoms with Crippen molar-refractivity contribution in [3.63, 3.8) is 0 Å². The molecule has 0 aliphatic rings. The molecule has 0 aliphatic carbocycles. The Morgan fingerprint density at radius 3 is 2.50 bits per heavy atom. The molecule has 3 N–H and O–H groups in total. The topological polar surface area (TPSA) is 55.3 Å². The fourth-order valence-electron chi connectivity index (χ4n) is 2.21. The van der Waals surface area contributed by atoms with Gasteiger partial charge in [-0.05, 0) is 19.1 Å². The molecule has 0 fully saturated rings. The predicted molar refractivity (Wildman–Crippen MR) is 86.1 cm³/mol. The normalized spacial score (nSPS) is 13.4. The van der Waals surface area contributed by atoms with Gasteiger partial charge in [0.15, 0.2) is 0 Å². The molecule has 0 spiro atoms. The molecule has 4 heteroatoms. The maximum absolute atomic E-state index is 10.0. The van der Waals surface area contributed by atoms with Crippen molar-refractivity contribution in [2.24, 2.45) is 0 Å². The molecular weight excluding hydrogens is 278 g/mol. The van der Waals surface area contributed by atoms with Crippen molar-refractivity contribution in [1.29, 1.82) is 0 Å². The third-order valence-electron chi connectivity index (χ3n) is 3.57. The van der Waals surface area contributed by atoms with Crippen molar-refractivity contribution in [2.45, 2.75) is 19.1 Å². The maximum atomic E-state index is 10.0. The summed E-state index contributed by atoms with van der Waals surface area (Å²) in [5, 5.41) is 12.2. The van der Waals surface area contributed by atoms with Gasteiger partial charge in [0.25, 0.3) is 0 Å². The van der Waals surface area contributed by atoms with Crippen LogP contribution in [0.15, 0.2) is 54.6 Å². The van der Waals surface area contributed by atoms with Crippen LogP contribution in [-0.2, 0) is 0 Å². The van der Waals surface area contributed by atoms with E-state index in [4.69, 9.17) is 9.47 Å². The van der Waals surface area contributed by atoms with Crippen molar-refractivity contribution in [3.05, 3.63) is 60.2 Å². The molecule has 0 heterocycles. The summed E-state index contributed by atoms with van der Waals surface area (Å²) in [6.07, 6.45) is -0.516. The summed E-state index contributed by atoms with van der Waals surface area (Å²) in [4.78, 5) is 0. The van der Waals surface area contributed by atoms with Gasteiger partial charge in [-0.25, -0.2) is 0 Å². The van der Waals surface area contributed by atoms with Gasteiger partial charge in [0.2, 0.25) is 0 Å². The number of aliphatic hydroxyl groups excluding tert-OH is 1. The summed E-state index contributed by atoms with van der Waals surface area (Å²) < 4.78 is 10.7. The number of methoxy groups -OCH3 is 1. The number of nitrogens with two attached hydrogens (primary N) is 1. The van der Waals surface area contributed by atoms with Crippen molar-refractivity contribution in [1.82, 2.24) is 0 Å². The lowest BCUT2D eigenvalue weighted by Gasteiger charge is -2.15. The molecule has 2 aromatic rings. The predicted octanol–water partition coefficient (Wildman–Crippen LogP) is 1.76. The zero-order valence-electron chi connectivity index (χ0n) is 13.1. The van der Waals surface area contributed by atoms with Gasteiger partial charge < -0.3 is 19.9 Å². The number of quaternary nitrogens is 1. The Balaban J connectivity index is 1.74. The Morgan fingerprint density at radius 2 is 1.77 bits per heavy atom. The van der Waals surface area contributed by atoms with E-state index in [1.807, 2.05) is 42.5 Å². The second kappa shape index (κ2) is 8.41. The Hall–Kier alpha value is -2.04. The molecule has 4 nitrogen and oxygen atoms in total. The van der Waals surface area contributed by atoms with Crippen LogP contribution in [-0.4, -0.2) is 31.5 Å². The minimum absolute atomic E-state index is 0.269. The Kier molecular flexibility index (Phi) is 6.25. The number of ether oxygens (including phenoxy) is 2. The second-order valence-corrected chi connectivity index (χ2v) is 5.31. The largest absolute Gasteiger partial charge is 0.497 e. The SMILES string of the molecule is COc1cccc(OC[C@@H](O)C[NH2+][C@H](C)c2ccccc2)c1. The highest BCUT2D eigenvalue weighted by atomic mass is 16.5. The number of rotatable bonds is 8. The van der Waals surface area contributed by atoms with Crippen molar-refractivity contribution >= 4 is 0 Å². The van der Waals surface area contributed by atoms with Crippen LogP contribution in [0.5, 0.6) is 11.5 Å². The van der Waals surface area contributed by atoms with Gasteiger partial charge in [0, 0.05) is 11.6 Å². The van der Waals surface area contributed by atoms with E-state index in [0.717, 1.165) is 5.75 Å². The first-order valence-corrected chi connectivity index (χ1v) is 7.52. The summed E-state index contributed by atoms with van der Waals surface area (Å²) in [5.74, 6) is 1.45. The quantitative estimate of drug-likeness (QED) is 0.781. The average molecular weight is 302 g/mol. The van der Waals surface area contributed by atoms with Crippen LogP contribution in [0.4, 0.5) is 0 Å². The van der Waals surface area contributed by atoms with Crippen molar-refractivity contribution in [2.75, 3.05) is 20.3 Å². The molecule has 0 aliphatic heterocycles. The van der Waals surface area contributed by atoms with E-state index in [2.05, 4.69) is 24.4 Å². The van der Waals surface area contributed by atoms with Crippen LogP contribution >= 0.6 is 0 Å². The molecule has 0 unspecified atom stereocenters. The van der Waals surface area contributed by atoms with E-state index in [0.29, 0.717) is 18.3 Å². The van der Waals surface area contributed by atoms with Crippen molar-refractivity contribution < 1.29 is 19.9 Å². The molecule has 0 radical (unpaired) electrons. The monoisotopic (exact) mass is 302 g/mol. The number of hydrogen-bond acceptors (Lipinski definition) is 3. The zero-order chi connectivity index (χ0) is 15.8. The lowest BCUT2D eigenvalue weighted by atomic mass is 10.1. The summed E-state index contributed by atoms with van der Waals surface area (Å²) in [7, 11) is 1.62. The van der Waals surface area contributed by atoms with E-state index in [1.165, 1.54) is 5.56 Å². The second-order valence-electron chi connectivity index (χ2n) is 5.31. The lowest BCUT2D eigenvalue weighted by Crippen LogP contribution is -2.87. The van der Waals surface area contributed by atoms with E-state index in [1.54, 1.807) is 7.11 Å². The van der Waals surface area contributed by atoms with E-state index < -0.39 is 6.10 Å². The summed E-state index contributed by atoms with van der Waals surface area (Å²) >= 11 is 0. The third kappa shape index (κ3) is 5.06. The standard InChI is InChI=1S/C18H23NO3/c1-14(15-7-4-3-5-8-15)19-12-16(20)13-22-18-10-6-9-17(11-18)21-2/h3-11,14,16,19-20H,12-13H2,1-2H3/p+1/t14-,16+/m1/s1. The third-order valence-corrected chi connectivity index (χ3v) is 3.57. The number of benzene rings is 2. The Labute approximate surface area is 131 Å². The molecule has 0 saturated heterocycles. The summed E-state index contributed by atoms with van der Waals surface area (Å²) in [6, 6.07) is 18.0. The van der Waals surface area contributed by atoms with Crippen LogP contribution in [0.3, 0.4) is 0 Å². The molecule has 0 aromatic heterocycles. The van der Waals surface area contributed by atoms with Gasteiger partial charge in [-0.3, -0.25) is 0 Å². The highest BCUT2D eigenvalue weighted by Crippen LogP contribution is 2.18. The molecule has 2 rings (SSSR count). The van der Waals surface area contributed by atoms with Gasteiger partial charge in [-0.1, -0.05) is 36.4 Å². The number of aliphatic hydroxyl groups is 1. The molecule has 0 saturated carbocycles. The lowest BCUT2D eigenvalue weighted by molar-refractivity contribution is -0.698. The van der Waals surface area contributed by atoms with Gasteiger partial charge in [-0.15, -0.1) is 0 Å². The van der Waals surface area contributed by atoms with E-state index >= 15 is 0 Å². The highest BCUT2D eigenvalue weighted by Gasteiger charge is 2.12.